The van der Waals surface area contributed by atoms with E-state index in [1.165, 1.54) is 31.4 Å². The van der Waals surface area contributed by atoms with Gasteiger partial charge in [0.25, 0.3) is 0 Å². The maximum Gasteiger partial charge on any atom is 0.248 e. The summed E-state index contributed by atoms with van der Waals surface area (Å²) in [5, 5.41) is 3.42. The molecular formula is C16H23N3O. The van der Waals surface area contributed by atoms with Gasteiger partial charge in [-0.05, 0) is 69.0 Å². The van der Waals surface area contributed by atoms with E-state index < -0.39 is 0 Å². The van der Waals surface area contributed by atoms with E-state index in [0.29, 0.717) is 11.6 Å². The number of anilines is 1. The smallest absolute Gasteiger partial charge is 0.248 e. The van der Waals surface area contributed by atoms with Gasteiger partial charge in [-0.2, -0.15) is 0 Å². The van der Waals surface area contributed by atoms with E-state index in [1.807, 2.05) is 24.3 Å². The van der Waals surface area contributed by atoms with Crippen molar-refractivity contribution in [2.45, 2.75) is 31.7 Å². The van der Waals surface area contributed by atoms with Crippen molar-refractivity contribution < 1.29 is 4.79 Å². The fourth-order valence-electron chi connectivity index (χ4n) is 3.01. The molecule has 0 unspecified atom stereocenters. The second-order valence-electron chi connectivity index (χ2n) is 5.99. The number of nitrogens with one attached hydrogen (secondary N) is 1. The fourth-order valence-corrected chi connectivity index (χ4v) is 3.01. The lowest BCUT2D eigenvalue weighted by atomic mass is 9.97. The molecule has 1 aliphatic carbocycles. The summed E-state index contributed by atoms with van der Waals surface area (Å²) in [6.07, 6.45) is 5.12. The van der Waals surface area contributed by atoms with Crippen LogP contribution in [0.4, 0.5) is 5.69 Å². The van der Waals surface area contributed by atoms with Crippen LogP contribution in [0.1, 0.15) is 36.0 Å². The summed E-state index contributed by atoms with van der Waals surface area (Å²) in [5.41, 5.74) is 7.12. The maximum atomic E-state index is 11.1. The summed E-state index contributed by atoms with van der Waals surface area (Å²) in [4.78, 5) is 13.7. The van der Waals surface area contributed by atoms with Crippen LogP contribution in [-0.4, -0.2) is 31.6 Å². The minimum atomic E-state index is -0.354. The van der Waals surface area contributed by atoms with Crippen LogP contribution in [0.3, 0.4) is 0 Å². The Morgan fingerprint density at radius 3 is 2.35 bits per heavy atom. The second kappa shape index (κ2) is 5.83. The van der Waals surface area contributed by atoms with Gasteiger partial charge in [0.1, 0.15) is 0 Å². The number of hydrogen-bond donors (Lipinski definition) is 2. The monoisotopic (exact) mass is 273 g/mol. The number of amides is 1. The van der Waals surface area contributed by atoms with Crippen LogP contribution >= 0.6 is 0 Å². The third kappa shape index (κ3) is 3.12. The van der Waals surface area contributed by atoms with Gasteiger partial charge in [-0.1, -0.05) is 0 Å². The summed E-state index contributed by atoms with van der Waals surface area (Å²) >= 11 is 0. The first-order valence-electron chi connectivity index (χ1n) is 7.61. The van der Waals surface area contributed by atoms with E-state index in [-0.39, 0.29) is 5.91 Å². The summed E-state index contributed by atoms with van der Waals surface area (Å²) in [6, 6.07) is 8.47. The molecule has 3 rings (SSSR count). The fraction of sp³-hybridized carbons (Fsp3) is 0.562. The predicted molar refractivity (Wildman–Crippen MR) is 80.9 cm³/mol. The normalized spacial score (nSPS) is 19.8. The molecule has 2 fully saturated rings. The standard InChI is InChI=1S/C16H23N3O/c17-16(20)13-1-3-14(4-2-13)19(15-5-6-15)11-12-7-9-18-10-8-12/h1-4,12,15,18H,5-11H2,(H2,17,20). The molecule has 3 N–H and O–H groups in total. The van der Waals surface area contributed by atoms with Gasteiger partial charge in [0, 0.05) is 23.8 Å². The van der Waals surface area contributed by atoms with Crippen LogP contribution < -0.4 is 16.0 Å². The van der Waals surface area contributed by atoms with Gasteiger partial charge in [0.2, 0.25) is 5.91 Å². The van der Waals surface area contributed by atoms with Crippen LogP contribution in [0.15, 0.2) is 24.3 Å². The number of hydrogen-bond acceptors (Lipinski definition) is 3. The number of rotatable bonds is 5. The largest absolute Gasteiger partial charge is 0.368 e. The third-order valence-electron chi connectivity index (χ3n) is 4.38. The van der Waals surface area contributed by atoms with E-state index in [9.17, 15) is 4.79 Å². The van der Waals surface area contributed by atoms with E-state index in [4.69, 9.17) is 5.73 Å². The zero-order valence-corrected chi connectivity index (χ0v) is 11.8. The third-order valence-corrected chi connectivity index (χ3v) is 4.38. The van der Waals surface area contributed by atoms with Gasteiger partial charge in [-0.15, -0.1) is 0 Å². The van der Waals surface area contributed by atoms with Gasteiger partial charge in [-0.25, -0.2) is 0 Å². The van der Waals surface area contributed by atoms with Crippen molar-refractivity contribution in [3.63, 3.8) is 0 Å². The average molecular weight is 273 g/mol. The molecule has 20 heavy (non-hydrogen) atoms. The summed E-state index contributed by atoms with van der Waals surface area (Å²) in [5.74, 6) is 0.431. The molecule has 1 heterocycles. The minimum Gasteiger partial charge on any atom is -0.368 e. The lowest BCUT2D eigenvalue weighted by Gasteiger charge is -2.32. The number of piperidine rings is 1. The molecule has 0 bridgehead atoms. The van der Waals surface area contributed by atoms with E-state index in [1.54, 1.807) is 0 Å². The second-order valence-corrected chi connectivity index (χ2v) is 5.99. The number of primary amides is 1. The van der Waals surface area contributed by atoms with Gasteiger partial charge >= 0.3 is 0 Å². The molecule has 108 valence electrons. The van der Waals surface area contributed by atoms with Crippen molar-refractivity contribution in [3.8, 4) is 0 Å². The predicted octanol–water partition coefficient (Wildman–Crippen LogP) is 1.75. The molecule has 4 nitrogen and oxygen atoms in total. The molecule has 1 aliphatic heterocycles. The van der Waals surface area contributed by atoms with Gasteiger partial charge in [0.05, 0.1) is 0 Å². The maximum absolute atomic E-state index is 11.1. The van der Waals surface area contributed by atoms with Crippen LogP contribution in [0, 0.1) is 5.92 Å². The van der Waals surface area contributed by atoms with Crippen LogP contribution in [0.5, 0.6) is 0 Å². The van der Waals surface area contributed by atoms with Crippen molar-refractivity contribution in [2.24, 2.45) is 11.7 Å². The lowest BCUT2D eigenvalue weighted by molar-refractivity contribution is 0.100. The van der Waals surface area contributed by atoms with E-state index in [0.717, 1.165) is 25.6 Å². The molecule has 0 aromatic heterocycles. The topological polar surface area (TPSA) is 58.4 Å². The SMILES string of the molecule is NC(=O)c1ccc(N(CC2CCNCC2)C2CC2)cc1. The first kappa shape index (κ1) is 13.4. The highest BCUT2D eigenvalue weighted by Crippen LogP contribution is 2.33. The summed E-state index contributed by atoms with van der Waals surface area (Å²) < 4.78 is 0. The molecule has 0 radical (unpaired) electrons. The number of nitrogens with zero attached hydrogens (tertiary/aromatic N) is 1. The molecule has 1 saturated heterocycles. The van der Waals surface area contributed by atoms with Crippen molar-refractivity contribution >= 4 is 11.6 Å². The van der Waals surface area contributed by atoms with Crippen molar-refractivity contribution in [2.75, 3.05) is 24.5 Å². The number of nitrogens with two attached hydrogens (primary N) is 1. The van der Waals surface area contributed by atoms with Gasteiger partial charge < -0.3 is 16.0 Å². The van der Waals surface area contributed by atoms with Crippen molar-refractivity contribution in [3.05, 3.63) is 29.8 Å². The van der Waals surface area contributed by atoms with Crippen molar-refractivity contribution in [1.82, 2.24) is 5.32 Å². The molecule has 1 amide bonds. The highest BCUT2D eigenvalue weighted by atomic mass is 16.1. The highest BCUT2D eigenvalue weighted by molar-refractivity contribution is 5.93. The molecule has 1 aromatic carbocycles. The van der Waals surface area contributed by atoms with Crippen LogP contribution in [-0.2, 0) is 0 Å². The number of benzene rings is 1. The minimum absolute atomic E-state index is 0.354. The Balaban J connectivity index is 1.71. The van der Waals surface area contributed by atoms with Crippen LogP contribution in [0.2, 0.25) is 0 Å². The van der Waals surface area contributed by atoms with E-state index >= 15 is 0 Å². The Morgan fingerprint density at radius 2 is 1.80 bits per heavy atom. The zero-order valence-electron chi connectivity index (χ0n) is 11.8. The zero-order chi connectivity index (χ0) is 13.9. The number of carbonyl (C=O) groups is 1. The van der Waals surface area contributed by atoms with Crippen molar-refractivity contribution in [1.29, 1.82) is 0 Å². The molecular weight excluding hydrogens is 250 g/mol. The molecule has 0 spiro atoms. The quantitative estimate of drug-likeness (QED) is 0.859. The first-order chi connectivity index (χ1) is 9.74. The Labute approximate surface area is 120 Å². The Hall–Kier alpha value is -1.55. The molecule has 1 aromatic rings. The Kier molecular flexibility index (Phi) is 3.92. The molecule has 2 aliphatic rings. The Bertz CT molecular complexity index is 461. The molecule has 0 atom stereocenters. The van der Waals surface area contributed by atoms with E-state index in [2.05, 4.69) is 10.2 Å². The van der Waals surface area contributed by atoms with Gasteiger partial charge in [-0.3, -0.25) is 4.79 Å². The molecule has 4 heteroatoms. The summed E-state index contributed by atoms with van der Waals surface area (Å²) in [6.45, 7) is 3.43. The number of carbonyl (C=O) groups excluding carboxylic acids is 1. The lowest BCUT2D eigenvalue weighted by Crippen LogP contribution is -2.37. The average Bonchev–Trinajstić information content (AvgIpc) is 3.30. The highest BCUT2D eigenvalue weighted by Gasteiger charge is 2.31. The summed E-state index contributed by atoms with van der Waals surface area (Å²) in [7, 11) is 0. The Morgan fingerprint density at radius 1 is 1.15 bits per heavy atom. The first-order valence-corrected chi connectivity index (χ1v) is 7.61. The van der Waals surface area contributed by atoms with Crippen LogP contribution in [0.25, 0.3) is 0 Å². The van der Waals surface area contributed by atoms with Gasteiger partial charge in [0.15, 0.2) is 0 Å². The molecule has 1 saturated carbocycles.